The zero-order valence-corrected chi connectivity index (χ0v) is 20.3. The number of halogens is 5. The minimum atomic E-state index is -4.47. The smallest absolute Gasteiger partial charge is 0.416 e. The van der Waals surface area contributed by atoms with Crippen molar-refractivity contribution < 1.29 is 22.7 Å². The van der Waals surface area contributed by atoms with Crippen LogP contribution in [0, 0.1) is 0 Å². The van der Waals surface area contributed by atoms with Crippen molar-refractivity contribution in [2.45, 2.75) is 25.7 Å². The Morgan fingerprint density at radius 3 is 2.48 bits per heavy atom. The predicted octanol–water partition coefficient (Wildman–Crippen LogP) is 4.16. The average Bonchev–Trinajstić information content (AvgIpc) is 2.74. The number of hydrogen-bond donors (Lipinski definition) is 1. The highest BCUT2D eigenvalue weighted by atomic mass is 35.5. The number of likely N-dealkylation sites (N-methyl/N-ethyl adjacent to an activating group) is 1. The fourth-order valence-corrected chi connectivity index (χ4v) is 3.62. The monoisotopic (exact) mass is 507 g/mol. The molecule has 2 aromatic carbocycles. The second-order valence-electron chi connectivity index (χ2n) is 7.88. The third-order valence-electron chi connectivity index (χ3n) is 5.30. The van der Waals surface area contributed by atoms with Crippen LogP contribution in [0.5, 0.6) is 5.75 Å². The molecule has 0 fully saturated rings. The largest absolute Gasteiger partial charge is 0.483 e. The first-order valence-corrected chi connectivity index (χ1v) is 10.3. The molecule has 0 saturated heterocycles. The summed E-state index contributed by atoms with van der Waals surface area (Å²) < 4.78 is 46.0. The van der Waals surface area contributed by atoms with Gasteiger partial charge in [0.25, 0.3) is 5.91 Å². The third kappa shape index (κ3) is 8.07. The van der Waals surface area contributed by atoms with E-state index >= 15 is 0 Å². The van der Waals surface area contributed by atoms with Crippen LogP contribution in [0.15, 0.2) is 42.5 Å². The van der Waals surface area contributed by atoms with Gasteiger partial charge < -0.3 is 19.9 Å². The van der Waals surface area contributed by atoms with Gasteiger partial charge in [0.05, 0.1) is 5.56 Å². The number of ether oxygens (including phenoxy) is 1. The van der Waals surface area contributed by atoms with E-state index in [1.807, 2.05) is 37.2 Å². The molecule has 2 aromatic rings. The lowest BCUT2D eigenvalue weighted by Crippen LogP contribution is -2.39. The normalized spacial score (nSPS) is 12.9. The summed E-state index contributed by atoms with van der Waals surface area (Å²) in [5.74, 6) is 0.320. The van der Waals surface area contributed by atoms with Crippen LogP contribution in [0.2, 0.25) is 0 Å². The quantitative estimate of drug-likeness (QED) is 0.582. The maximum absolute atomic E-state index is 13.4. The molecule has 5 nitrogen and oxygen atoms in total. The SMILES string of the molecule is CN(C)CCN(Cc1ccccc1C(F)(F)F)C(=O)COc1cccc2c1CCNC2.Cl.Cl. The molecule has 0 radical (unpaired) electrons. The lowest BCUT2D eigenvalue weighted by Gasteiger charge is -2.26. The van der Waals surface area contributed by atoms with E-state index in [1.54, 1.807) is 6.07 Å². The van der Waals surface area contributed by atoms with E-state index < -0.39 is 11.7 Å². The van der Waals surface area contributed by atoms with Crippen LogP contribution < -0.4 is 10.1 Å². The number of alkyl halides is 3. The molecule has 0 bridgehead atoms. The molecule has 0 aromatic heterocycles. The number of amides is 1. The molecule has 3 rings (SSSR count). The van der Waals surface area contributed by atoms with Crippen LogP contribution >= 0.6 is 24.8 Å². The van der Waals surface area contributed by atoms with E-state index in [2.05, 4.69) is 5.32 Å². The van der Waals surface area contributed by atoms with Crippen LogP contribution in [0.1, 0.15) is 22.3 Å². The first-order valence-electron chi connectivity index (χ1n) is 10.3. The van der Waals surface area contributed by atoms with Gasteiger partial charge in [-0.05, 0) is 55.9 Å². The Labute approximate surface area is 205 Å². The molecular formula is C23H30Cl2F3N3O2. The van der Waals surface area contributed by atoms with Crippen molar-refractivity contribution in [2.24, 2.45) is 0 Å². The van der Waals surface area contributed by atoms with E-state index in [4.69, 9.17) is 4.74 Å². The number of nitrogens with zero attached hydrogens (tertiary/aromatic N) is 2. The van der Waals surface area contributed by atoms with E-state index in [9.17, 15) is 18.0 Å². The Balaban J connectivity index is 0.00000272. The lowest BCUT2D eigenvalue weighted by molar-refractivity contribution is -0.140. The third-order valence-corrected chi connectivity index (χ3v) is 5.30. The Morgan fingerprint density at radius 2 is 1.79 bits per heavy atom. The summed E-state index contributed by atoms with van der Waals surface area (Å²) in [5, 5.41) is 3.30. The van der Waals surface area contributed by atoms with Crippen LogP contribution in [0.4, 0.5) is 13.2 Å². The molecule has 1 N–H and O–H groups in total. The van der Waals surface area contributed by atoms with Gasteiger partial charge in [-0.2, -0.15) is 13.2 Å². The number of carbonyl (C=O) groups is 1. The predicted molar refractivity (Wildman–Crippen MR) is 127 cm³/mol. The van der Waals surface area contributed by atoms with Gasteiger partial charge in [-0.25, -0.2) is 0 Å². The van der Waals surface area contributed by atoms with Crippen molar-refractivity contribution in [3.63, 3.8) is 0 Å². The molecule has 1 aliphatic heterocycles. The molecule has 0 atom stereocenters. The number of rotatable bonds is 8. The zero-order valence-electron chi connectivity index (χ0n) is 18.7. The van der Waals surface area contributed by atoms with Crippen molar-refractivity contribution in [1.82, 2.24) is 15.1 Å². The summed E-state index contributed by atoms with van der Waals surface area (Å²) in [6.45, 7) is 2.09. The zero-order chi connectivity index (χ0) is 22.4. The van der Waals surface area contributed by atoms with Gasteiger partial charge in [-0.1, -0.05) is 30.3 Å². The van der Waals surface area contributed by atoms with Crippen LogP contribution in [0.3, 0.4) is 0 Å². The molecular weight excluding hydrogens is 478 g/mol. The van der Waals surface area contributed by atoms with Crippen LogP contribution in [-0.2, 0) is 30.5 Å². The van der Waals surface area contributed by atoms with E-state index in [0.29, 0.717) is 18.8 Å². The Bertz CT molecular complexity index is 911. The summed E-state index contributed by atoms with van der Waals surface area (Å²) >= 11 is 0. The number of carbonyl (C=O) groups excluding carboxylic acids is 1. The molecule has 1 amide bonds. The van der Waals surface area contributed by atoms with Gasteiger partial charge in [0, 0.05) is 26.2 Å². The summed E-state index contributed by atoms with van der Waals surface area (Å²) in [4.78, 5) is 16.3. The Hall–Kier alpha value is -2.00. The second-order valence-corrected chi connectivity index (χ2v) is 7.88. The number of nitrogens with one attached hydrogen (secondary N) is 1. The van der Waals surface area contributed by atoms with Crippen LogP contribution in [0.25, 0.3) is 0 Å². The van der Waals surface area contributed by atoms with E-state index in [1.165, 1.54) is 17.0 Å². The Kier molecular flexibility index (Phi) is 11.5. The highest BCUT2D eigenvalue weighted by molar-refractivity contribution is 5.85. The summed E-state index contributed by atoms with van der Waals surface area (Å²) in [5.41, 5.74) is 1.57. The molecule has 184 valence electrons. The van der Waals surface area contributed by atoms with E-state index in [0.717, 1.165) is 36.7 Å². The maximum Gasteiger partial charge on any atom is 0.416 e. The van der Waals surface area contributed by atoms with E-state index in [-0.39, 0.29) is 49.4 Å². The number of hydrogen-bond acceptors (Lipinski definition) is 4. The number of benzene rings is 2. The summed E-state index contributed by atoms with van der Waals surface area (Å²) in [7, 11) is 3.71. The van der Waals surface area contributed by atoms with Gasteiger partial charge in [0.2, 0.25) is 0 Å². The first-order chi connectivity index (χ1) is 14.8. The summed E-state index contributed by atoms with van der Waals surface area (Å²) in [6.07, 6.45) is -3.66. The van der Waals surface area contributed by atoms with Gasteiger partial charge >= 0.3 is 6.18 Å². The van der Waals surface area contributed by atoms with Gasteiger partial charge in [-0.15, -0.1) is 24.8 Å². The van der Waals surface area contributed by atoms with Gasteiger partial charge in [0.1, 0.15) is 5.75 Å². The summed E-state index contributed by atoms with van der Waals surface area (Å²) in [6, 6.07) is 11.1. The first kappa shape index (κ1) is 29.0. The maximum atomic E-state index is 13.4. The fourth-order valence-electron chi connectivity index (χ4n) is 3.62. The molecule has 1 aliphatic rings. The molecule has 0 spiro atoms. The molecule has 0 saturated carbocycles. The van der Waals surface area contributed by atoms with Crippen molar-refractivity contribution >= 4 is 30.7 Å². The van der Waals surface area contributed by atoms with Crippen molar-refractivity contribution in [3.8, 4) is 5.75 Å². The highest BCUT2D eigenvalue weighted by Gasteiger charge is 2.33. The molecule has 33 heavy (non-hydrogen) atoms. The second kappa shape index (κ2) is 13.0. The standard InChI is InChI=1S/C23H28F3N3O2.2ClH/c1-28(2)12-13-29(15-18-6-3-4-8-20(18)23(24,25)26)22(30)16-31-21-9-5-7-17-14-27-11-10-19(17)21;;/h3-9,27H,10-16H2,1-2H3;2*1H. The number of fused-ring (bicyclic) bond motifs is 1. The highest BCUT2D eigenvalue weighted by Crippen LogP contribution is 2.32. The Morgan fingerprint density at radius 1 is 1.06 bits per heavy atom. The van der Waals surface area contributed by atoms with Crippen molar-refractivity contribution in [1.29, 1.82) is 0 Å². The minimum Gasteiger partial charge on any atom is -0.483 e. The fraction of sp³-hybridized carbons (Fsp3) is 0.435. The van der Waals surface area contributed by atoms with Crippen LogP contribution in [-0.4, -0.2) is 56.0 Å². The molecule has 1 heterocycles. The van der Waals surface area contributed by atoms with Crippen molar-refractivity contribution in [2.75, 3.05) is 40.3 Å². The van der Waals surface area contributed by atoms with Crippen molar-refractivity contribution in [3.05, 3.63) is 64.7 Å². The molecule has 0 unspecified atom stereocenters. The lowest BCUT2D eigenvalue weighted by atomic mass is 10.0. The van der Waals surface area contributed by atoms with Gasteiger partial charge in [-0.3, -0.25) is 4.79 Å². The molecule has 10 heteroatoms. The molecule has 0 aliphatic carbocycles. The topological polar surface area (TPSA) is 44.8 Å². The van der Waals surface area contributed by atoms with Gasteiger partial charge in [0.15, 0.2) is 6.61 Å². The average molecular weight is 508 g/mol. The minimum absolute atomic E-state index is 0.